The van der Waals surface area contributed by atoms with E-state index in [1.165, 1.54) is 0 Å². The Kier molecular flexibility index (Phi) is 36.6. The Morgan fingerprint density at radius 3 is 0.900 bits per heavy atom. The van der Waals surface area contributed by atoms with Gasteiger partial charge in [0.05, 0.1) is 10.2 Å². The molecule has 0 aliphatic rings. The molecule has 10 heavy (non-hydrogen) atoms. The predicted octanol–water partition coefficient (Wildman–Crippen LogP) is -3.74. The summed E-state index contributed by atoms with van der Waals surface area (Å²) in [4.78, 5) is 16.5. The minimum absolute atomic E-state index is 0. The maximum atomic E-state index is 8.25. The molecular formula is HCaN2NaO6. The molecule has 0 aliphatic heterocycles. The van der Waals surface area contributed by atoms with Gasteiger partial charge in [-0.1, -0.05) is 0 Å². The smallest absolute Gasteiger partial charge is 1.00 e. The fourth-order valence-electron chi connectivity index (χ4n) is 0. The molecule has 8 nitrogen and oxygen atoms in total. The zero-order valence-electron chi connectivity index (χ0n) is 6.05. The second-order valence-corrected chi connectivity index (χ2v) is 0.447. The van der Waals surface area contributed by atoms with Crippen LogP contribution in [0, 0.1) is 30.6 Å². The van der Waals surface area contributed by atoms with Crippen molar-refractivity contribution in [2.45, 2.75) is 0 Å². The van der Waals surface area contributed by atoms with Gasteiger partial charge in [-0.15, -0.1) is 0 Å². The quantitative estimate of drug-likeness (QED) is 0.218. The first kappa shape index (κ1) is 22.4. The largest absolute Gasteiger partial charge is 2.00 e. The summed E-state index contributed by atoms with van der Waals surface area (Å²) in [5.41, 5.74) is 0. The Morgan fingerprint density at radius 2 is 0.900 bits per heavy atom. The van der Waals surface area contributed by atoms with Crippen molar-refractivity contribution >= 4 is 37.7 Å². The van der Waals surface area contributed by atoms with Crippen LogP contribution >= 0.6 is 0 Å². The van der Waals surface area contributed by atoms with E-state index in [0.717, 1.165) is 0 Å². The van der Waals surface area contributed by atoms with Crippen molar-refractivity contribution in [3.05, 3.63) is 30.6 Å². The molecule has 0 bridgehead atoms. The summed E-state index contributed by atoms with van der Waals surface area (Å²) >= 11 is 0. The summed E-state index contributed by atoms with van der Waals surface area (Å²) in [5.74, 6) is 0. The van der Waals surface area contributed by atoms with Crippen LogP contribution in [0.5, 0.6) is 0 Å². The van der Waals surface area contributed by atoms with Gasteiger partial charge in [0.25, 0.3) is 0 Å². The van der Waals surface area contributed by atoms with Crippen LogP contribution in [0.2, 0.25) is 0 Å². The molecule has 0 N–H and O–H groups in total. The molecule has 0 saturated heterocycles. The summed E-state index contributed by atoms with van der Waals surface area (Å²) in [5, 5.41) is 29.5. The number of rotatable bonds is 0. The fraction of sp³-hybridized carbons (Fsp3) is 0. The van der Waals surface area contributed by atoms with E-state index in [-0.39, 0.29) is 68.7 Å². The Hall–Kier alpha value is 0.660. The van der Waals surface area contributed by atoms with Crippen LogP contribution in [-0.4, -0.2) is 47.9 Å². The van der Waals surface area contributed by atoms with Gasteiger partial charge in [-0.2, -0.15) is 0 Å². The average Bonchev–Trinajstić information content (AvgIpc) is 1.25. The zero-order valence-corrected chi connectivity index (χ0v) is 9.26. The molecule has 0 rings (SSSR count). The topological polar surface area (TPSA) is 132 Å². The first-order valence-electron chi connectivity index (χ1n) is 1.10. The normalized spacial score (nSPS) is 4.80. The molecule has 0 aromatic carbocycles. The molecule has 0 fully saturated rings. The zero-order chi connectivity index (χ0) is 7.15. The third kappa shape index (κ3) is 1170. The van der Waals surface area contributed by atoms with E-state index in [2.05, 4.69) is 0 Å². The van der Waals surface area contributed by atoms with E-state index < -0.39 is 10.2 Å². The molecule has 0 aromatic heterocycles. The van der Waals surface area contributed by atoms with Crippen LogP contribution in [0.15, 0.2) is 0 Å². The van der Waals surface area contributed by atoms with Crippen LogP contribution in [0.3, 0.4) is 0 Å². The molecule has 0 aliphatic carbocycles. The first-order chi connectivity index (χ1) is 3.46. The van der Waals surface area contributed by atoms with Crippen LogP contribution in [0.25, 0.3) is 0 Å². The van der Waals surface area contributed by atoms with Gasteiger partial charge in [0.15, 0.2) is 0 Å². The predicted molar refractivity (Wildman–Crippen MR) is 27.6 cm³/mol. The van der Waals surface area contributed by atoms with Gasteiger partial charge in [0, 0.05) is 0 Å². The number of hydrogen-bond donors (Lipinski definition) is 0. The van der Waals surface area contributed by atoms with Crippen LogP contribution < -0.4 is 29.6 Å². The number of hydrogen-bond acceptors (Lipinski definition) is 6. The minimum Gasteiger partial charge on any atom is -1.00 e. The molecule has 0 radical (unpaired) electrons. The molecule has 10 heteroatoms. The van der Waals surface area contributed by atoms with Crippen molar-refractivity contribution < 1.29 is 41.2 Å². The van der Waals surface area contributed by atoms with Gasteiger partial charge in [-0.3, -0.25) is 0 Å². The molecule has 0 unspecified atom stereocenters. The van der Waals surface area contributed by atoms with E-state index >= 15 is 0 Å². The van der Waals surface area contributed by atoms with Gasteiger partial charge in [0.1, 0.15) is 0 Å². The van der Waals surface area contributed by atoms with Crippen molar-refractivity contribution in [2.75, 3.05) is 0 Å². The van der Waals surface area contributed by atoms with E-state index in [1.54, 1.807) is 0 Å². The van der Waals surface area contributed by atoms with Crippen molar-refractivity contribution in [3.8, 4) is 0 Å². The monoisotopic (exact) mass is 188 g/mol. The summed E-state index contributed by atoms with van der Waals surface area (Å²) in [7, 11) is 0. The molecule has 0 amide bonds. The Bertz CT molecular complexity index is 78.6. The molecular weight excluding hydrogens is 187 g/mol. The molecule has 0 spiro atoms. The van der Waals surface area contributed by atoms with Crippen LogP contribution in [0.4, 0.5) is 0 Å². The van der Waals surface area contributed by atoms with Gasteiger partial charge >= 0.3 is 67.3 Å². The van der Waals surface area contributed by atoms with E-state index in [4.69, 9.17) is 30.6 Å². The Labute approximate surface area is 108 Å². The summed E-state index contributed by atoms with van der Waals surface area (Å²) in [6.07, 6.45) is 0. The molecule has 0 aromatic rings. The molecule has 0 saturated carbocycles. The van der Waals surface area contributed by atoms with Gasteiger partial charge in [0.2, 0.25) is 0 Å². The molecule has 50 valence electrons. The van der Waals surface area contributed by atoms with Gasteiger partial charge < -0.3 is 32.1 Å². The number of nitrogens with zero attached hydrogens (tertiary/aromatic N) is 2. The van der Waals surface area contributed by atoms with Crippen molar-refractivity contribution in [1.82, 2.24) is 0 Å². The van der Waals surface area contributed by atoms with Crippen molar-refractivity contribution in [3.63, 3.8) is 0 Å². The SMILES string of the molecule is O=[N+]([O-])[O-].O=[N+]([O-])[O-].[Ca+2].[H-].[Na+]. The van der Waals surface area contributed by atoms with Crippen LogP contribution in [-0.2, 0) is 0 Å². The fourth-order valence-corrected chi connectivity index (χ4v) is 0. The van der Waals surface area contributed by atoms with E-state index in [0.29, 0.717) is 0 Å². The summed E-state index contributed by atoms with van der Waals surface area (Å²) < 4.78 is 0. The third-order valence-corrected chi connectivity index (χ3v) is 0. The van der Waals surface area contributed by atoms with Crippen molar-refractivity contribution in [1.29, 1.82) is 0 Å². The Morgan fingerprint density at radius 1 is 0.900 bits per heavy atom. The molecule has 0 atom stereocenters. The van der Waals surface area contributed by atoms with Crippen LogP contribution in [0.1, 0.15) is 1.43 Å². The second-order valence-electron chi connectivity index (χ2n) is 0.447. The average molecular weight is 188 g/mol. The second kappa shape index (κ2) is 16.3. The molecule has 0 heterocycles. The minimum atomic E-state index is -1.75. The van der Waals surface area contributed by atoms with Gasteiger partial charge in [-0.05, 0) is 0 Å². The standard InChI is InChI=1S/Ca.2NO3.Na.H/c;2*2-1(3)4;;/q+2;2*-1;+1;-1. The Balaban J connectivity index is -0.0000000171. The van der Waals surface area contributed by atoms with E-state index in [1.807, 2.05) is 0 Å². The van der Waals surface area contributed by atoms with Gasteiger partial charge in [-0.25, -0.2) is 0 Å². The van der Waals surface area contributed by atoms with E-state index in [9.17, 15) is 0 Å². The summed E-state index contributed by atoms with van der Waals surface area (Å²) in [6, 6.07) is 0. The summed E-state index contributed by atoms with van der Waals surface area (Å²) in [6.45, 7) is 0. The first-order valence-corrected chi connectivity index (χ1v) is 1.10. The maximum Gasteiger partial charge on any atom is 2.00 e. The van der Waals surface area contributed by atoms with Crippen molar-refractivity contribution in [2.24, 2.45) is 0 Å². The third-order valence-electron chi connectivity index (χ3n) is 0. The maximum absolute atomic E-state index is 8.25.